The molecule has 0 saturated heterocycles. The van der Waals surface area contributed by atoms with E-state index in [0.717, 1.165) is 17.6 Å². The smallest absolute Gasteiger partial charge is 0.0737 e. The molecule has 0 atom stereocenters. The lowest BCUT2D eigenvalue weighted by Gasteiger charge is -2.14. The van der Waals surface area contributed by atoms with Gasteiger partial charge in [0.05, 0.1) is 5.52 Å². The molecule has 2 aromatic rings. The van der Waals surface area contributed by atoms with Crippen LogP contribution in [-0.2, 0) is 6.42 Å². The van der Waals surface area contributed by atoms with Gasteiger partial charge in [-0.15, -0.1) is 0 Å². The molecule has 0 unspecified atom stereocenters. The minimum Gasteiger partial charge on any atom is -0.388 e. The number of para-hydroxylation sites is 1. The van der Waals surface area contributed by atoms with Crippen molar-refractivity contribution in [2.45, 2.75) is 34.1 Å². The zero-order valence-electron chi connectivity index (χ0n) is 12.5. The molecule has 0 spiro atoms. The van der Waals surface area contributed by atoms with Crippen LogP contribution in [0.3, 0.4) is 0 Å². The average molecular weight is 254 g/mol. The molecular weight excluding hydrogens is 232 g/mol. The molecule has 0 aliphatic rings. The van der Waals surface area contributed by atoms with E-state index in [-0.39, 0.29) is 0 Å². The standard InChI is InChI=1S/C17H22N2/c1-6-13-8-7-9-14-10-15(12(4)19-17(13)14)16(18-5)11(2)3/h7-10,18H,6H2,1-5H3. The summed E-state index contributed by atoms with van der Waals surface area (Å²) in [5, 5.41) is 4.51. The van der Waals surface area contributed by atoms with E-state index in [2.05, 4.69) is 57.3 Å². The number of nitrogens with one attached hydrogen (secondary N) is 1. The Morgan fingerprint density at radius 2 is 2.00 bits per heavy atom. The monoisotopic (exact) mass is 254 g/mol. The number of aryl methyl sites for hydroxylation is 2. The fraction of sp³-hybridized carbons (Fsp3) is 0.353. The van der Waals surface area contributed by atoms with E-state index in [9.17, 15) is 0 Å². The van der Waals surface area contributed by atoms with Crippen molar-refractivity contribution in [2.75, 3.05) is 7.05 Å². The van der Waals surface area contributed by atoms with Gasteiger partial charge in [-0.3, -0.25) is 4.98 Å². The van der Waals surface area contributed by atoms with Gasteiger partial charge in [-0.2, -0.15) is 0 Å². The Labute approximate surface area is 115 Å². The molecule has 0 aliphatic heterocycles. The Morgan fingerprint density at radius 1 is 1.26 bits per heavy atom. The molecule has 19 heavy (non-hydrogen) atoms. The van der Waals surface area contributed by atoms with E-state index in [1.807, 2.05) is 7.05 Å². The third-order valence-corrected chi connectivity index (χ3v) is 3.52. The summed E-state index contributed by atoms with van der Waals surface area (Å²) < 4.78 is 0. The van der Waals surface area contributed by atoms with Crippen molar-refractivity contribution in [2.24, 2.45) is 0 Å². The third-order valence-electron chi connectivity index (χ3n) is 3.52. The first-order valence-corrected chi connectivity index (χ1v) is 6.83. The predicted octanol–water partition coefficient (Wildman–Crippen LogP) is 4.08. The lowest BCUT2D eigenvalue weighted by Crippen LogP contribution is -2.09. The molecule has 2 nitrogen and oxygen atoms in total. The molecule has 2 rings (SSSR count). The number of hydrogen-bond acceptors (Lipinski definition) is 2. The zero-order chi connectivity index (χ0) is 14.0. The van der Waals surface area contributed by atoms with Crippen molar-refractivity contribution < 1.29 is 0 Å². The summed E-state index contributed by atoms with van der Waals surface area (Å²) in [6, 6.07) is 8.66. The van der Waals surface area contributed by atoms with Crippen LogP contribution >= 0.6 is 0 Å². The van der Waals surface area contributed by atoms with Gasteiger partial charge in [-0.1, -0.05) is 30.7 Å². The van der Waals surface area contributed by atoms with E-state index in [4.69, 9.17) is 4.98 Å². The van der Waals surface area contributed by atoms with Gasteiger partial charge in [0, 0.05) is 29.4 Å². The molecule has 2 heteroatoms. The maximum atomic E-state index is 4.82. The second kappa shape index (κ2) is 5.43. The summed E-state index contributed by atoms with van der Waals surface area (Å²) in [4.78, 5) is 4.82. The zero-order valence-corrected chi connectivity index (χ0v) is 12.5. The number of fused-ring (bicyclic) bond motifs is 1. The highest BCUT2D eigenvalue weighted by molar-refractivity contribution is 5.86. The lowest BCUT2D eigenvalue weighted by molar-refractivity contribution is 1.07. The lowest BCUT2D eigenvalue weighted by atomic mass is 10.0. The van der Waals surface area contributed by atoms with E-state index < -0.39 is 0 Å². The van der Waals surface area contributed by atoms with Gasteiger partial charge in [0.2, 0.25) is 0 Å². The Hall–Kier alpha value is -1.83. The van der Waals surface area contributed by atoms with Crippen LogP contribution in [0.25, 0.3) is 16.6 Å². The Kier molecular flexibility index (Phi) is 3.89. The van der Waals surface area contributed by atoms with Gasteiger partial charge in [0.25, 0.3) is 0 Å². The first kappa shape index (κ1) is 13.6. The second-order valence-corrected chi connectivity index (χ2v) is 5.09. The molecule has 0 aliphatic carbocycles. The Morgan fingerprint density at radius 3 is 2.58 bits per heavy atom. The predicted molar refractivity (Wildman–Crippen MR) is 83.2 cm³/mol. The van der Waals surface area contributed by atoms with Gasteiger partial charge >= 0.3 is 0 Å². The fourth-order valence-corrected chi connectivity index (χ4v) is 2.54. The quantitative estimate of drug-likeness (QED) is 0.893. The van der Waals surface area contributed by atoms with Crippen molar-refractivity contribution in [3.05, 3.63) is 46.7 Å². The summed E-state index contributed by atoms with van der Waals surface area (Å²) in [6.45, 7) is 8.51. The summed E-state index contributed by atoms with van der Waals surface area (Å²) in [7, 11) is 1.97. The van der Waals surface area contributed by atoms with E-state index >= 15 is 0 Å². The molecule has 1 aromatic heterocycles. The minimum absolute atomic E-state index is 1.02. The van der Waals surface area contributed by atoms with E-state index in [1.54, 1.807) is 0 Å². The first-order valence-electron chi connectivity index (χ1n) is 6.83. The average Bonchev–Trinajstić information content (AvgIpc) is 2.39. The Bertz CT molecular complexity index is 635. The highest BCUT2D eigenvalue weighted by Gasteiger charge is 2.10. The van der Waals surface area contributed by atoms with Crippen LogP contribution in [0.1, 0.15) is 37.6 Å². The van der Waals surface area contributed by atoms with Crippen molar-refractivity contribution in [3.8, 4) is 0 Å². The van der Waals surface area contributed by atoms with Crippen LogP contribution in [0.2, 0.25) is 0 Å². The summed E-state index contributed by atoms with van der Waals surface area (Å²) in [6.07, 6.45) is 1.02. The minimum atomic E-state index is 1.02. The SMILES string of the molecule is CCc1cccc2cc(C(NC)=C(C)C)c(C)nc12. The summed E-state index contributed by atoms with van der Waals surface area (Å²) in [5.74, 6) is 0. The molecule has 100 valence electrons. The maximum Gasteiger partial charge on any atom is 0.0737 e. The van der Waals surface area contributed by atoms with Gasteiger partial charge in [-0.25, -0.2) is 0 Å². The van der Waals surface area contributed by atoms with Crippen molar-refractivity contribution in [1.29, 1.82) is 0 Å². The van der Waals surface area contributed by atoms with E-state index in [1.165, 1.54) is 27.8 Å². The fourth-order valence-electron chi connectivity index (χ4n) is 2.54. The molecular formula is C17H22N2. The molecule has 0 amide bonds. The summed E-state index contributed by atoms with van der Waals surface area (Å²) >= 11 is 0. The van der Waals surface area contributed by atoms with Gasteiger partial charge in [0.1, 0.15) is 0 Å². The molecule has 1 N–H and O–H groups in total. The van der Waals surface area contributed by atoms with Crippen molar-refractivity contribution in [1.82, 2.24) is 10.3 Å². The normalized spacial score (nSPS) is 10.6. The molecule has 0 saturated carbocycles. The number of allylic oxidation sites excluding steroid dienone is 1. The topological polar surface area (TPSA) is 24.9 Å². The number of rotatable bonds is 3. The Balaban J connectivity index is 2.73. The van der Waals surface area contributed by atoms with E-state index in [0.29, 0.717) is 0 Å². The van der Waals surface area contributed by atoms with Gasteiger partial charge < -0.3 is 5.32 Å². The number of nitrogens with zero attached hydrogens (tertiary/aromatic N) is 1. The highest BCUT2D eigenvalue weighted by Crippen LogP contribution is 2.25. The van der Waals surface area contributed by atoms with Crippen LogP contribution in [0.5, 0.6) is 0 Å². The highest BCUT2D eigenvalue weighted by atomic mass is 14.8. The maximum absolute atomic E-state index is 4.82. The van der Waals surface area contributed by atoms with Gasteiger partial charge in [0.15, 0.2) is 0 Å². The number of benzene rings is 1. The number of aromatic nitrogens is 1. The number of pyridine rings is 1. The van der Waals surface area contributed by atoms with Crippen molar-refractivity contribution >= 4 is 16.6 Å². The number of hydrogen-bond donors (Lipinski definition) is 1. The van der Waals surface area contributed by atoms with Crippen LogP contribution in [0, 0.1) is 6.92 Å². The third kappa shape index (κ3) is 2.48. The van der Waals surface area contributed by atoms with Crippen LogP contribution in [0.4, 0.5) is 0 Å². The first-order chi connectivity index (χ1) is 9.08. The largest absolute Gasteiger partial charge is 0.388 e. The molecule has 0 fully saturated rings. The summed E-state index contributed by atoms with van der Waals surface area (Å²) in [5.41, 5.74) is 7.18. The molecule has 1 heterocycles. The molecule has 1 aromatic carbocycles. The molecule has 0 bridgehead atoms. The molecule has 0 radical (unpaired) electrons. The van der Waals surface area contributed by atoms with Crippen LogP contribution in [0.15, 0.2) is 29.8 Å². The van der Waals surface area contributed by atoms with Crippen LogP contribution < -0.4 is 5.32 Å². The second-order valence-electron chi connectivity index (χ2n) is 5.09. The van der Waals surface area contributed by atoms with Crippen molar-refractivity contribution in [3.63, 3.8) is 0 Å². The van der Waals surface area contributed by atoms with Gasteiger partial charge in [-0.05, 0) is 38.8 Å². The van der Waals surface area contributed by atoms with Crippen LogP contribution in [-0.4, -0.2) is 12.0 Å².